The molecule has 0 saturated carbocycles. The Kier molecular flexibility index (Phi) is 5.76. The number of hydrogen-bond acceptors (Lipinski definition) is 3. The van der Waals surface area contributed by atoms with Gasteiger partial charge < -0.3 is 19.7 Å². The fourth-order valence-corrected chi connectivity index (χ4v) is 3.07. The minimum atomic E-state index is -0.0424. The van der Waals surface area contributed by atoms with Crippen LogP contribution in [0.2, 0.25) is 0 Å². The van der Waals surface area contributed by atoms with Crippen molar-refractivity contribution in [3.63, 3.8) is 0 Å². The Labute approximate surface area is 154 Å². The first-order valence-corrected chi connectivity index (χ1v) is 9.07. The van der Waals surface area contributed by atoms with Gasteiger partial charge in [-0.1, -0.05) is 36.8 Å². The number of nitrogens with zero attached hydrogens (tertiary/aromatic N) is 1. The normalized spacial score (nSPS) is 15.5. The molecule has 1 aliphatic heterocycles. The molecule has 2 aromatic carbocycles. The van der Waals surface area contributed by atoms with Gasteiger partial charge in [0.05, 0.1) is 6.54 Å². The van der Waals surface area contributed by atoms with Crippen LogP contribution in [-0.2, 0) is 0 Å². The molecule has 1 atom stereocenters. The second kappa shape index (κ2) is 8.21. The Hall–Kier alpha value is -2.27. The molecule has 1 heterocycles. The Morgan fingerprint density at radius 3 is 2.60 bits per heavy atom. The van der Waals surface area contributed by atoms with E-state index in [-0.39, 0.29) is 6.10 Å². The summed E-state index contributed by atoms with van der Waals surface area (Å²) < 4.78 is 11.9. The Balaban J connectivity index is 1.63. The van der Waals surface area contributed by atoms with E-state index in [4.69, 9.17) is 21.7 Å². The van der Waals surface area contributed by atoms with E-state index < -0.39 is 0 Å². The average Bonchev–Trinajstić information content (AvgIpc) is 2.63. The van der Waals surface area contributed by atoms with E-state index >= 15 is 0 Å². The van der Waals surface area contributed by atoms with Crippen molar-refractivity contribution in [2.75, 3.05) is 25.0 Å². The van der Waals surface area contributed by atoms with Crippen molar-refractivity contribution < 1.29 is 9.47 Å². The number of aryl methyl sites for hydroxylation is 1. The van der Waals surface area contributed by atoms with Crippen molar-refractivity contribution in [2.24, 2.45) is 0 Å². The van der Waals surface area contributed by atoms with E-state index in [1.165, 1.54) is 5.56 Å². The lowest BCUT2D eigenvalue weighted by atomic mass is 10.2. The molecule has 3 rings (SSSR count). The zero-order valence-electron chi connectivity index (χ0n) is 14.7. The zero-order valence-corrected chi connectivity index (χ0v) is 15.5. The molecule has 25 heavy (non-hydrogen) atoms. The van der Waals surface area contributed by atoms with E-state index in [1.54, 1.807) is 0 Å². The third-order valence-corrected chi connectivity index (χ3v) is 4.44. The van der Waals surface area contributed by atoms with Gasteiger partial charge in [-0.3, -0.25) is 0 Å². The molecule has 0 aliphatic carbocycles. The van der Waals surface area contributed by atoms with Crippen molar-refractivity contribution >= 4 is 23.0 Å². The van der Waals surface area contributed by atoms with Crippen molar-refractivity contribution in [2.45, 2.75) is 26.4 Å². The van der Waals surface area contributed by atoms with Crippen molar-refractivity contribution in [1.82, 2.24) is 4.90 Å². The minimum Gasteiger partial charge on any atom is -0.486 e. The topological polar surface area (TPSA) is 33.7 Å². The summed E-state index contributed by atoms with van der Waals surface area (Å²) in [6.07, 6.45) is 0.971. The molecule has 132 valence electrons. The van der Waals surface area contributed by atoms with Crippen LogP contribution in [0.5, 0.6) is 11.5 Å². The lowest BCUT2D eigenvalue weighted by molar-refractivity contribution is 0.0746. The van der Waals surface area contributed by atoms with Crippen molar-refractivity contribution in [1.29, 1.82) is 0 Å². The first kappa shape index (κ1) is 17.5. The molecule has 1 aliphatic rings. The van der Waals surface area contributed by atoms with Crippen LogP contribution in [0.4, 0.5) is 5.69 Å². The molecule has 0 radical (unpaired) electrons. The van der Waals surface area contributed by atoms with E-state index in [1.807, 2.05) is 36.4 Å². The maximum Gasteiger partial charge on any atom is 0.173 e. The van der Waals surface area contributed by atoms with Gasteiger partial charge in [-0.05, 0) is 49.8 Å². The lowest BCUT2D eigenvalue weighted by Crippen LogP contribution is -2.45. The highest BCUT2D eigenvalue weighted by Crippen LogP contribution is 2.31. The van der Waals surface area contributed by atoms with Crippen molar-refractivity contribution in [3.8, 4) is 11.5 Å². The largest absolute Gasteiger partial charge is 0.486 e. The maximum atomic E-state index is 6.07. The van der Waals surface area contributed by atoms with Gasteiger partial charge in [0, 0.05) is 12.2 Å². The first-order chi connectivity index (χ1) is 12.2. The van der Waals surface area contributed by atoms with E-state index in [2.05, 4.69) is 36.2 Å². The molecule has 0 unspecified atom stereocenters. The molecule has 0 bridgehead atoms. The quantitative estimate of drug-likeness (QED) is 0.810. The summed E-state index contributed by atoms with van der Waals surface area (Å²) in [4.78, 5) is 2.15. The second-order valence-electron chi connectivity index (χ2n) is 6.24. The molecule has 0 aromatic heterocycles. The minimum absolute atomic E-state index is 0.0424. The van der Waals surface area contributed by atoms with Gasteiger partial charge in [0.25, 0.3) is 0 Å². The molecule has 1 N–H and O–H groups in total. The van der Waals surface area contributed by atoms with Crippen molar-refractivity contribution in [3.05, 3.63) is 54.1 Å². The number of para-hydroxylation sites is 2. The summed E-state index contributed by atoms with van der Waals surface area (Å²) in [7, 11) is 0. The molecule has 0 saturated heterocycles. The standard InChI is InChI=1S/C20H24N2O2S/c1-3-12-22(20(25)21-16-10-8-15(2)9-11-16)13-17-14-23-18-6-4-5-7-19(18)24-17/h4-11,17H,3,12-14H2,1-2H3,(H,21,25)/t17-/m0/s1. The van der Waals surface area contributed by atoms with E-state index in [0.717, 1.165) is 30.2 Å². The second-order valence-corrected chi connectivity index (χ2v) is 6.63. The predicted molar refractivity (Wildman–Crippen MR) is 106 cm³/mol. The first-order valence-electron chi connectivity index (χ1n) is 8.67. The molecule has 5 heteroatoms. The van der Waals surface area contributed by atoms with Crippen LogP contribution in [0.15, 0.2) is 48.5 Å². The van der Waals surface area contributed by atoms with Gasteiger partial charge in [0.2, 0.25) is 0 Å². The third-order valence-electron chi connectivity index (χ3n) is 4.08. The summed E-state index contributed by atoms with van der Waals surface area (Å²) in [6.45, 7) is 6.32. The van der Waals surface area contributed by atoms with Gasteiger partial charge in [-0.25, -0.2) is 0 Å². The van der Waals surface area contributed by atoms with Gasteiger partial charge in [0.1, 0.15) is 6.61 Å². The molecule has 0 amide bonds. The van der Waals surface area contributed by atoms with Crippen LogP contribution < -0.4 is 14.8 Å². The molecule has 4 nitrogen and oxygen atoms in total. The number of thiocarbonyl (C=S) groups is 1. The van der Waals surface area contributed by atoms with Crippen LogP contribution in [0.1, 0.15) is 18.9 Å². The highest BCUT2D eigenvalue weighted by atomic mass is 32.1. The highest BCUT2D eigenvalue weighted by molar-refractivity contribution is 7.80. The number of ether oxygens (including phenoxy) is 2. The number of fused-ring (bicyclic) bond motifs is 1. The fourth-order valence-electron chi connectivity index (χ4n) is 2.78. The molecule has 2 aromatic rings. The monoisotopic (exact) mass is 356 g/mol. The average molecular weight is 356 g/mol. The summed E-state index contributed by atoms with van der Waals surface area (Å²) in [5.41, 5.74) is 2.23. The Bertz CT molecular complexity index is 718. The van der Waals surface area contributed by atoms with Crippen LogP contribution in [0, 0.1) is 6.92 Å². The molecular formula is C20H24N2O2S. The summed E-state index contributed by atoms with van der Waals surface area (Å²) in [5, 5.41) is 4.04. The van der Waals surface area contributed by atoms with Gasteiger partial charge in [-0.15, -0.1) is 0 Å². The smallest absolute Gasteiger partial charge is 0.173 e. The van der Waals surface area contributed by atoms with Gasteiger partial charge >= 0.3 is 0 Å². The van der Waals surface area contributed by atoms with Gasteiger partial charge in [0.15, 0.2) is 22.7 Å². The van der Waals surface area contributed by atoms with Crippen LogP contribution in [0.3, 0.4) is 0 Å². The van der Waals surface area contributed by atoms with Crippen LogP contribution in [-0.4, -0.2) is 35.8 Å². The summed E-state index contributed by atoms with van der Waals surface area (Å²) in [6, 6.07) is 16.0. The molecule has 0 spiro atoms. The summed E-state index contributed by atoms with van der Waals surface area (Å²) in [5.74, 6) is 1.61. The number of nitrogens with one attached hydrogen (secondary N) is 1. The number of rotatable bonds is 5. The number of benzene rings is 2. The molecule has 0 fully saturated rings. The van der Waals surface area contributed by atoms with Crippen LogP contribution in [0.25, 0.3) is 0 Å². The predicted octanol–water partition coefficient (Wildman–Crippen LogP) is 4.24. The lowest BCUT2D eigenvalue weighted by Gasteiger charge is -2.32. The number of anilines is 1. The Morgan fingerprint density at radius 1 is 1.16 bits per heavy atom. The van der Waals surface area contributed by atoms with E-state index in [9.17, 15) is 0 Å². The summed E-state index contributed by atoms with van der Waals surface area (Å²) >= 11 is 5.62. The fraction of sp³-hybridized carbons (Fsp3) is 0.350. The third kappa shape index (κ3) is 4.63. The maximum absolute atomic E-state index is 6.07. The Morgan fingerprint density at radius 2 is 1.88 bits per heavy atom. The van der Waals surface area contributed by atoms with Crippen LogP contribution >= 0.6 is 12.2 Å². The highest BCUT2D eigenvalue weighted by Gasteiger charge is 2.24. The van der Waals surface area contributed by atoms with Gasteiger partial charge in [-0.2, -0.15) is 0 Å². The number of hydrogen-bond donors (Lipinski definition) is 1. The molecular weight excluding hydrogens is 332 g/mol. The zero-order chi connectivity index (χ0) is 17.6. The van der Waals surface area contributed by atoms with E-state index in [0.29, 0.717) is 18.3 Å². The SMILES string of the molecule is CCCN(C[C@H]1COc2ccccc2O1)C(=S)Nc1ccc(C)cc1.